The quantitative estimate of drug-likeness (QED) is 0.599. The van der Waals surface area contributed by atoms with Crippen molar-refractivity contribution in [3.63, 3.8) is 0 Å². The SMILES string of the molecule is COc1ccc(CN(C(=O)C2C(C=C(Cl)Cl)C2(C)C)C2CCS(=O)(=O)C2)cc1OC. The normalized spacial score (nSPS) is 26.0. The molecule has 9 heteroatoms. The first-order valence-electron chi connectivity index (χ1n) is 9.75. The number of allylic oxidation sites excluding steroid dienone is 1. The van der Waals surface area contributed by atoms with Crippen molar-refractivity contribution < 1.29 is 22.7 Å². The van der Waals surface area contributed by atoms with Gasteiger partial charge in [0.05, 0.1) is 31.6 Å². The Balaban J connectivity index is 1.90. The highest BCUT2D eigenvalue weighted by atomic mass is 35.5. The highest BCUT2D eigenvalue weighted by Crippen LogP contribution is 2.60. The lowest BCUT2D eigenvalue weighted by atomic mass is 10.1. The fraction of sp³-hybridized carbons (Fsp3) is 0.571. The molecule has 3 atom stereocenters. The standard InChI is InChI=1S/C21H27Cl2NO5S/c1-21(2)15(10-18(22)23)19(21)20(25)24(14-7-8-30(26,27)12-14)11-13-5-6-16(28-3)17(9-13)29-4/h5-6,9-10,14-15,19H,7-8,11-12H2,1-4H3. The molecule has 2 aliphatic rings. The van der Waals surface area contributed by atoms with E-state index in [9.17, 15) is 13.2 Å². The molecule has 1 saturated heterocycles. The maximum absolute atomic E-state index is 13.6. The van der Waals surface area contributed by atoms with E-state index in [-0.39, 0.29) is 51.7 Å². The molecule has 1 aliphatic heterocycles. The Morgan fingerprint density at radius 3 is 2.43 bits per heavy atom. The van der Waals surface area contributed by atoms with Gasteiger partial charge in [-0.05, 0) is 41.5 Å². The lowest BCUT2D eigenvalue weighted by Gasteiger charge is -2.29. The van der Waals surface area contributed by atoms with Gasteiger partial charge in [0.15, 0.2) is 21.3 Å². The summed E-state index contributed by atoms with van der Waals surface area (Å²) in [7, 11) is -0.0427. The van der Waals surface area contributed by atoms with Gasteiger partial charge in [0, 0.05) is 12.6 Å². The van der Waals surface area contributed by atoms with Crippen LogP contribution in [0.4, 0.5) is 0 Å². The van der Waals surface area contributed by atoms with E-state index in [1.54, 1.807) is 31.3 Å². The molecular formula is C21H27Cl2NO5S. The minimum atomic E-state index is -3.15. The fourth-order valence-electron chi connectivity index (χ4n) is 4.36. The van der Waals surface area contributed by atoms with E-state index in [2.05, 4.69) is 0 Å². The molecule has 2 fully saturated rings. The van der Waals surface area contributed by atoms with Gasteiger partial charge < -0.3 is 14.4 Å². The van der Waals surface area contributed by atoms with Crippen molar-refractivity contribution in [1.29, 1.82) is 0 Å². The van der Waals surface area contributed by atoms with Crippen molar-refractivity contribution in [1.82, 2.24) is 4.90 Å². The van der Waals surface area contributed by atoms with Gasteiger partial charge in [-0.3, -0.25) is 4.79 Å². The van der Waals surface area contributed by atoms with Gasteiger partial charge in [0.1, 0.15) is 4.49 Å². The summed E-state index contributed by atoms with van der Waals surface area (Å²) in [5.74, 6) is 0.770. The highest BCUT2D eigenvalue weighted by molar-refractivity contribution is 7.91. The van der Waals surface area contributed by atoms with E-state index in [0.717, 1.165) is 5.56 Å². The lowest BCUT2D eigenvalue weighted by Crippen LogP contribution is -2.42. The summed E-state index contributed by atoms with van der Waals surface area (Å²) in [6.45, 7) is 4.28. The van der Waals surface area contributed by atoms with E-state index >= 15 is 0 Å². The van der Waals surface area contributed by atoms with E-state index in [1.807, 2.05) is 26.0 Å². The van der Waals surface area contributed by atoms with Gasteiger partial charge in [-0.1, -0.05) is 43.1 Å². The van der Waals surface area contributed by atoms with E-state index in [0.29, 0.717) is 17.9 Å². The van der Waals surface area contributed by atoms with Crippen LogP contribution in [-0.4, -0.2) is 51.0 Å². The monoisotopic (exact) mass is 475 g/mol. The average Bonchev–Trinajstić information content (AvgIpc) is 3.00. The van der Waals surface area contributed by atoms with Crippen LogP contribution < -0.4 is 9.47 Å². The minimum absolute atomic E-state index is 0.0179. The Hall–Kier alpha value is -1.44. The zero-order chi connectivity index (χ0) is 22.3. The van der Waals surface area contributed by atoms with Crippen LogP contribution in [0.5, 0.6) is 11.5 Å². The van der Waals surface area contributed by atoms with Crippen molar-refractivity contribution in [2.75, 3.05) is 25.7 Å². The first-order valence-corrected chi connectivity index (χ1v) is 12.3. The molecule has 0 radical (unpaired) electrons. The first-order chi connectivity index (χ1) is 14.0. The minimum Gasteiger partial charge on any atom is -0.493 e. The summed E-state index contributed by atoms with van der Waals surface area (Å²) in [5.41, 5.74) is 0.547. The van der Waals surface area contributed by atoms with Crippen LogP contribution in [0.15, 0.2) is 28.8 Å². The van der Waals surface area contributed by atoms with E-state index in [1.165, 1.54) is 0 Å². The van der Waals surface area contributed by atoms with Crippen LogP contribution in [-0.2, 0) is 21.2 Å². The largest absolute Gasteiger partial charge is 0.493 e. The Kier molecular flexibility index (Phi) is 6.65. The summed E-state index contributed by atoms with van der Waals surface area (Å²) in [6.07, 6.45) is 2.14. The molecule has 1 aromatic carbocycles. The average molecular weight is 476 g/mol. The number of ether oxygens (including phenoxy) is 2. The Labute approximate surface area is 188 Å². The van der Waals surface area contributed by atoms with Crippen molar-refractivity contribution in [2.24, 2.45) is 17.3 Å². The van der Waals surface area contributed by atoms with Crippen molar-refractivity contribution in [3.05, 3.63) is 34.3 Å². The summed E-state index contributed by atoms with van der Waals surface area (Å²) < 4.78 is 35.0. The van der Waals surface area contributed by atoms with Crippen LogP contribution in [0.3, 0.4) is 0 Å². The molecule has 1 saturated carbocycles. The van der Waals surface area contributed by atoms with Crippen LogP contribution in [0.25, 0.3) is 0 Å². The van der Waals surface area contributed by atoms with Crippen molar-refractivity contribution in [3.8, 4) is 11.5 Å². The molecular weight excluding hydrogens is 449 g/mol. The zero-order valence-corrected chi connectivity index (χ0v) is 19.9. The second-order valence-electron chi connectivity index (χ2n) is 8.49. The Morgan fingerprint density at radius 1 is 1.23 bits per heavy atom. The maximum atomic E-state index is 13.6. The topological polar surface area (TPSA) is 72.9 Å². The predicted molar refractivity (Wildman–Crippen MR) is 118 cm³/mol. The predicted octanol–water partition coefficient (Wildman–Crippen LogP) is 3.81. The Bertz CT molecular complexity index is 956. The highest BCUT2D eigenvalue weighted by Gasteiger charge is 2.62. The zero-order valence-electron chi connectivity index (χ0n) is 17.5. The van der Waals surface area contributed by atoms with Crippen LogP contribution in [0.1, 0.15) is 25.8 Å². The third kappa shape index (κ3) is 4.73. The molecule has 1 amide bonds. The number of carbonyl (C=O) groups is 1. The van der Waals surface area contributed by atoms with Crippen LogP contribution in [0, 0.1) is 17.3 Å². The number of methoxy groups -OCH3 is 2. The molecule has 0 N–H and O–H groups in total. The molecule has 166 valence electrons. The first kappa shape index (κ1) is 23.2. The molecule has 1 aliphatic carbocycles. The number of benzene rings is 1. The molecule has 1 aromatic rings. The molecule has 6 nitrogen and oxygen atoms in total. The number of halogens is 2. The number of carbonyl (C=O) groups excluding carboxylic acids is 1. The third-order valence-corrected chi connectivity index (χ3v) is 8.22. The van der Waals surface area contributed by atoms with E-state index in [4.69, 9.17) is 32.7 Å². The van der Waals surface area contributed by atoms with Gasteiger partial charge in [-0.15, -0.1) is 0 Å². The Morgan fingerprint density at radius 2 is 1.90 bits per heavy atom. The van der Waals surface area contributed by atoms with Crippen molar-refractivity contribution >= 4 is 38.9 Å². The van der Waals surface area contributed by atoms with E-state index < -0.39 is 9.84 Å². The van der Waals surface area contributed by atoms with Gasteiger partial charge in [0.2, 0.25) is 5.91 Å². The second kappa shape index (κ2) is 8.60. The fourth-order valence-corrected chi connectivity index (χ4v) is 6.36. The van der Waals surface area contributed by atoms with Gasteiger partial charge in [-0.2, -0.15) is 0 Å². The summed E-state index contributed by atoms with van der Waals surface area (Å²) in [4.78, 5) is 15.3. The number of amides is 1. The maximum Gasteiger partial charge on any atom is 0.227 e. The van der Waals surface area contributed by atoms with Crippen LogP contribution >= 0.6 is 23.2 Å². The molecule has 0 bridgehead atoms. The lowest BCUT2D eigenvalue weighted by molar-refractivity contribution is -0.136. The molecule has 0 spiro atoms. The molecule has 0 aromatic heterocycles. The molecule has 1 heterocycles. The number of hydrogen-bond acceptors (Lipinski definition) is 5. The van der Waals surface area contributed by atoms with Gasteiger partial charge >= 0.3 is 0 Å². The summed E-state index contributed by atoms with van der Waals surface area (Å²) in [5, 5.41) is 0. The van der Waals surface area contributed by atoms with Gasteiger partial charge in [-0.25, -0.2) is 8.42 Å². The number of sulfone groups is 1. The molecule has 3 rings (SSSR count). The van der Waals surface area contributed by atoms with Gasteiger partial charge in [0.25, 0.3) is 0 Å². The molecule has 30 heavy (non-hydrogen) atoms. The second-order valence-corrected chi connectivity index (χ2v) is 11.7. The number of rotatable bonds is 7. The molecule has 3 unspecified atom stereocenters. The summed E-state index contributed by atoms with van der Waals surface area (Å²) in [6, 6.07) is 5.09. The van der Waals surface area contributed by atoms with Crippen LogP contribution in [0.2, 0.25) is 0 Å². The number of nitrogens with zero attached hydrogens (tertiary/aromatic N) is 1. The van der Waals surface area contributed by atoms with Crippen molar-refractivity contribution in [2.45, 2.75) is 32.9 Å². The smallest absolute Gasteiger partial charge is 0.227 e. The number of hydrogen-bond donors (Lipinski definition) is 0. The summed E-state index contributed by atoms with van der Waals surface area (Å²) >= 11 is 11.7. The third-order valence-electron chi connectivity index (χ3n) is 6.22.